The van der Waals surface area contributed by atoms with Gasteiger partial charge in [0.05, 0.1) is 16.3 Å². The van der Waals surface area contributed by atoms with Gasteiger partial charge in [0.2, 0.25) is 0 Å². The van der Waals surface area contributed by atoms with E-state index in [1.54, 1.807) is 23.1 Å². The van der Waals surface area contributed by atoms with Crippen LogP contribution in [0.15, 0.2) is 47.4 Å². The van der Waals surface area contributed by atoms with Gasteiger partial charge < -0.3 is 4.90 Å². The molecule has 0 aliphatic rings. The molecule has 0 saturated heterocycles. The molecular weight excluding hydrogens is 383 g/mol. The topological polar surface area (TPSA) is 66.5 Å². The molecule has 2 aromatic rings. The number of nitrogens with one attached hydrogen (secondary N) is 1. The largest absolute Gasteiger partial charge is 0.339 e. The van der Waals surface area contributed by atoms with Crippen LogP contribution in [0.3, 0.4) is 0 Å². The van der Waals surface area contributed by atoms with E-state index >= 15 is 0 Å². The maximum Gasteiger partial charge on any atom is 0.263 e. The van der Waals surface area contributed by atoms with Crippen molar-refractivity contribution in [3.05, 3.63) is 58.1 Å². The molecule has 5 nitrogen and oxygen atoms in total. The Morgan fingerprint density at radius 2 is 1.72 bits per heavy atom. The van der Waals surface area contributed by atoms with Crippen LogP contribution in [0, 0.1) is 0 Å². The van der Waals surface area contributed by atoms with Gasteiger partial charge in [-0.05, 0) is 44.2 Å². The highest BCUT2D eigenvalue weighted by Crippen LogP contribution is 2.28. The van der Waals surface area contributed by atoms with Crippen molar-refractivity contribution < 1.29 is 13.2 Å². The van der Waals surface area contributed by atoms with E-state index in [0.29, 0.717) is 13.1 Å². The Balaban J connectivity index is 2.44. The van der Waals surface area contributed by atoms with Gasteiger partial charge in [-0.1, -0.05) is 35.3 Å². The standard InChI is InChI=1S/C17H18Cl2N2O3S/c1-3-21(4-2)17(22)13-7-5-6-8-15(13)20-25(23,24)16-11-12(18)9-10-14(16)19/h5-11,20H,3-4H2,1-2H3. The Morgan fingerprint density at radius 1 is 1.08 bits per heavy atom. The van der Waals surface area contributed by atoms with Crippen LogP contribution in [0.5, 0.6) is 0 Å². The van der Waals surface area contributed by atoms with Crippen molar-refractivity contribution in [1.29, 1.82) is 0 Å². The number of carbonyl (C=O) groups is 1. The van der Waals surface area contributed by atoms with E-state index in [-0.39, 0.29) is 32.1 Å². The van der Waals surface area contributed by atoms with Crippen LogP contribution in [0.25, 0.3) is 0 Å². The molecule has 0 aromatic heterocycles. The van der Waals surface area contributed by atoms with Crippen molar-refractivity contribution in [3.8, 4) is 0 Å². The van der Waals surface area contributed by atoms with Crippen LogP contribution < -0.4 is 4.72 Å². The molecule has 0 radical (unpaired) electrons. The quantitative estimate of drug-likeness (QED) is 0.786. The lowest BCUT2D eigenvalue weighted by Crippen LogP contribution is -2.31. The van der Waals surface area contributed by atoms with E-state index < -0.39 is 10.0 Å². The van der Waals surface area contributed by atoms with Crippen LogP contribution in [-0.4, -0.2) is 32.3 Å². The SMILES string of the molecule is CCN(CC)C(=O)c1ccccc1NS(=O)(=O)c1cc(Cl)ccc1Cl. The van der Waals surface area contributed by atoms with Crippen LogP contribution >= 0.6 is 23.2 Å². The first-order chi connectivity index (χ1) is 11.8. The van der Waals surface area contributed by atoms with Gasteiger partial charge in [0.25, 0.3) is 15.9 Å². The van der Waals surface area contributed by atoms with Crippen LogP contribution in [-0.2, 0) is 10.0 Å². The molecule has 25 heavy (non-hydrogen) atoms. The summed E-state index contributed by atoms with van der Waals surface area (Å²) in [4.78, 5) is 14.1. The zero-order valence-corrected chi connectivity index (χ0v) is 16.1. The molecule has 1 amide bonds. The maximum atomic E-state index is 12.7. The summed E-state index contributed by atoms with van der Waals surface area (Å²) in [6, 6.07) is 10.6. The molecule has 0 unspecified atom stereocenters. The van der Waals surface area contributed by atoms with Crippen molar-refractivity contribution in [2.45, 2.75) is 18.7 Å². The second-order valence-corrected chi connectivity index (χ2v) is 7.70. The molecule has 0 bridgehead atoms. The molecule has 2 aromatic carbocycles. The number of hydrogen-bond donors (Lipinski definition) is 1. The molecule has 0 aliphatic heterocycles. The first-order valence-corrected chi connectivity index (χ1v) is 9.90. The highest BCUT2D eigenvalue weighted by molar-refractivity contribution is 7.92. The van der Waals surface area contributed by atoms with Crippen molar-refractivity contribution in [2.75, 3.05) is 17.8 Å². The van der Waals surface area contributed by atoms with Gasteiger partial charge in [-0.25, -0.2) is 8.42 Å². The van der Waals surface area contributed by atoms with Gasteiger partial charge in [-0.3, -0.25) is 9.52 Å². The molecule has 134 valence electrons. The van der Waals surface area contributed by atoms with E-state index in [9.17, 15) is 13.2 Å². The lowest BCUT2D eigenvalue weighted by atomic mass is 10.1. The van der Waals surface area contributed by atoms with Gasteiger partial charge >= 0.3 is 0 Å². The van der Waals surface area contributed by atoms with Gasteiger partial charge in [0.1, 0.15) is 4.90 Å². The van der Waals surface area contributed by atoms with Gasteiger partial charge in [-0.2, -0.15) is 0 Å². The summed E-state index contributed by atoms with van der Waals surface area (Å²) in [5.41, 5.74) is 0.461. The van der Waals surface area contributed by atoms with Crippen LogP contribution in [0.2, 0.25) is 10.0 Å². The fraction of sp³-hybridized carbons (Fsp3) is 0.235. The van der Waals surface area contributed by atoms with E-state index in [4.69, 9.17) is 23.2 Å². The lowest BCUT2D eigenvalue weighted by molar-refractivity contribution is 0.0774. The average Bonchev–Trinajstić information content (AvgIpc) is 2.58. The summed E-state index contributed by atoms with van der Waals surface area (Å²) >= 11 is 11.9. The van der Waals surface area contributed by atoms with E-state index in [1.807, 2.05) is 13.8 Å². The molecule has 0 atom stereocenters. The minimum atomic E-state index is -4.00. The number of para-hydroxylation sites is 1. The Labute approximate surface area is 157 Å². The van der Waals surface area contributed by atoms with E-state index in [2.05, 4.69) is 4.72 Å². The molecule has 0 heterocycles. The highest BCUT2D eigenvalue weighted by atomic mass is 35.5. The number of carbonyl (C=O) groups excluding carboxylic acids is 1. The Morgan fingerprint density at radius 3 is 2.36 bits per heavy atom. The second-order valence-electron chi connectivity index (χ2n) is 5.20. The number of halogens is 2. The van der Waals surface area contributed by atoms with E-state index in [1.165, 1.54) is 24.3 Å². The molecule has 0 aliphatic carbocycles. The van der Waals surface area contributed by atoms with Gasteiger partial charge in [-0.15, -0.1) is 0 Å². The summed E-state index contributed by atoms with van der Waals surface area (Å²) in [7, 11) is -4.00. The Kier molecular flexibility index (Phi) is 6.32. The third kappa shape index (κ3) is 4.45. The van der Waals surface area contributed by atoms with Crippen molar-refractivity contribution in [3.63, 3.8) is 0 Å². The maximum absolute atomic E-state index is 12.7. The number of nitrogens with zero attached hydrogens (tertiary/aromatic N) is 1. The summed E-state index contributed by atoms with van der Waals surface area (Å²) in [6.45, 7) is 4.77. The molecular formula is C17H18Cl2N2O3S. The van der Waals surface area contributed by atoms with Crippen molar-refractivity contribution in [1.82, 2.24) is 4.90 Å². The molecule has 0 spiro atoms. The normalized spacial score (nSPS) is 11.2. The Hall–Kier alpha value is -1.76. The number of benzene rings is 2. The minimum absolute atomic E-state index is 0.0458. The van der Waals surface area contributed by atoms with E-state index in [0.717, 1.165) is 0 Å². The predicted molar refractivity (Wildman–Crippen MR) is 101 cm³/mol. The highest BCUT2D eigenvalue weighted by Gasteiger charge is 2.22. The molecule has 8 heteroatoms. The predicted octanol–water partition coefficient (Wildman–Crippen LogP) is 4.28. The summed E-state index contributed by atoms with van der Waals surface area (Å²) < 4.78 is 27.8. The molecule has 0 fully saturated rings. The monoisotopic (exact) mass is 400 g/mol. The van der Waals surface area contributed by atoms with Gasteiger partial charge in [0.15, 0.2) is 0 Å². The average molecular weight is 401 g/mol. The number of sulfonamides is 1. The number of anilines is 1. The van der Waals surface area contributed by atoms with Crippen molar-refractivity contribution in [2.24, 2.45) is 0 Å². The zero-order chi connectivity index (χ0) is 18.6. The summed E-state index contributed by atoms with van der Waals surface area (Å²) in [5.74, 6) is -0.250. The molecule has 1 N–H and O–H groups in total. The molecule has 0 saturated carbocycles. The second kappa shape index (κ2) is 8.08. The van der Waals surface area contributed by atoms with Crippen molar-refractivity contribution >= 4 is 44.8 Å². The third-order valence-corrected chi connectivity index (χ3v) is 5.72. The minimum Gasteiger partial charge on any atom is -0.339 e. The third-order valence-electron chi connectivity index (χ3n) is 3.64. The number of hydrogen-bond acceptors (Lipinski definition) is 3. The van der Waals surface area contributed by atoms with Gasteiger partial charge in [0, 0.05) is 18.1 Å². The first kappa shape index (κ1) is 19.6. The summed E-state index contributed by atoms with van der Waals surface area (Å²) in [6.07, 6.45) is 0. The fourth-order valence-electron chi connectivity index (χ4n) is 2.32. The lowest BCUT2D eigenvalue weighted by Gasteiger charge is -2.21. The number of amides is 1. The number of rotatable bonds is 6. The Bertz CT molecular complexity index is 881. The van der Waals surface area contributed by atoms with Crippen LogP contribution in [0.1, 0.15) is 24.2 Å². The summed E-state index contributed by atoms with van der Waals surface area (Å²) in [5, 5.41) is 0.293. The zero-order valence-electron chi connectivity index (χ0n) is 13.8. The molecule has 2 rings (SSSR count). The smallest absolute Gasteiger partial charge is 0.263 e. The first-order valence-electron chi connectivity index (χ1n) is 7.66. The van der Waals surface area contributed by atoms with Crippen LogP contribution in [0.4, 0.5) is 5.69 Å². The fourth-order valence-corrected chi connectivity index (χ4v) is 4.17.